The van der Waals surface area contributed by atoms with E-state index < -0.39 is 17.6 Å². The fourth-order valence-corrected chi connectivity index (χ4v) is 3.71. The van der Waals surface area contributed by atoms with E-state index in [0.29, 0.717) is 29.3 Å². The minimum absolute atomic E-state index is 0.0529. The Morgan fingerprint density at radius 2 is 2.17 bits per heavy atom. The molecule has 9 nitrogen and oxygen atoms in total. The lowest BCUT2D eigenvalue weighted by Gasteiger charge is -2.34. The Kier molecular flexibility index (Phi) is 4.45. The molecule has 1 aliphatic carbocycles. The summed E-state index contributed by atoms with van der Waals surface area (Å²) in [5.74, 6) is 0.311. The van der Waals surface area contributed by atoms with Crippen LogP contribution in [0.5, 0.6) is 0 Å². The summed E-state index contributed by atoms with van der Waals surface area (Å²) in [6.45, 7) is 5.89. The standard InChI is InChI=1S/C20H21N5O4/c1-10(26)11-4-5-13-14(6-11)17(25-28-8-12-7-22-19(27)29-12)20(2,3)15-16(13)23-9-24-18(15)21/h4-6,9,12H,7-8H2,1-3H3,(H,22,27)(H2,21,23,24)/b25-17+/t12-/m0/s1. The maximum absolute atomic E-state index is 11.9. The van der Waals surface area contributed by atoms with Crippen molar-refractivity contribution >= 4 is 23.4 Å². The molecule has 0 saturated carbocycles. The minimum atomic E-state index is -0.673. The van der Waals surface area contributed by atoms with Crippen LogP contribution in [0.1, 0.15) is 42.3 Å². The maximum atomic E-state index is 11.9. The van der Waals surface area contributed by atoms with Gasteiger partial charge in [0.15, 0.2) is 18.5 Å². The Hall–Kier alpha value is -3.49. The van der Waals surface area contributed by atoms with Crippen molar-refractivity contribution in [1.82, 2.24) is 15.3 Å². The first-order valence-electron chi connectivity index (χ1n) is 9.20. The highest BCUT2D eigenvalue weighted by Crippen LogP contribution is 2.44. The van der Waals surface area contributed by atoms with Crippen LogP contribution in [0.3, 0.4) is 0 Å². The summed E-state index contributed by atoms with van der Waals surface area (Å²) >= 11 is 0. The van der Waals surface area contributed by atoms with E-state index >= 15 is 0 Å². The second kappa shape index (κ2) is 6.84. The number of ether oxygens (including phenoxy) is 1. The predicted molar refractivity (Wildman–Crippen MR) is 106 cm³/mol. The molecule has 0 bridgehead atoms. The SMILES string of the molecule is CC(=O)c1ccc2c(c1)/C(=N\OC[C@@H]1CNC(=O)O1)C(C)(C)c1c(N)ncnc1-2. The average molecular weight is 395 g/mol. The summed E-state index contributed by atoms with van der Waals surface area (Å²) in [7, 11) is 0. The Morgan fingerprint density at radius 1 is 1.38 bits per heavy atom. The normalized spacial score (nSPS) is 20.4. The fraction of sp³-hybridized carbons (Fsp3) is 0.350. The fourth-order valence-electron chi connectivity index (χ4n) is 3.71. The van der Waals surface area contributed by atoms with Gasteiger partial charge in [0.2, 0.25) is 0 Å². The molecule has 0 radical (unpaired) electrons. The second-order valence-corrected chi connectivity index (χ2v) is 7.57. The molecule has 2 aliphatic rings. The molecule has 1 saturated heterocycles. The van der Waals surface area contributed by atoms with Gasteiger partial charge in [0.1, 0.15) is 12.1 Å². The molecular formula is C20H21N5O4. The van der Waals surface area contributed by atoms with Gasteiger partial charge in [-0.2, -0.15) is 0 Å². The largest absolute Gasteiger partial charge is 0.441 e. The number of cyclic esters (lactones) is 1. The maximum Gasteiger partial charge on any atom is 0.407 e. The van der Waals surface area contributed by atoms with Gasteiger partial charge in [-0.25, -0.2) is 14.8 Å². The average Bonchev–Trinajstić information content (AvgIpc) is 3.08. The number of carbonyl (C=O) groups excluding carboxylic acids is 2. The highest BCUT2D eigenvalue weighted by molar-refractivity contribution is 6.16. The van der Waals surface area contributed by atoms with Crippen molar-refractivity contribution in [2.45, 2.75) is 32.3 Å². The molecule has 1 aromatic carbocycles. The van der Waals surface area contributed by atoms with Crippen molar-refractivity contribution in [3.05, 3.63) is 41.2 Å². The first kappa shape index (κ1) is 18.9. The number of rotatable bonds is 4. The van der Waals surface area contributed by atoms with Crippen molar-refractivity contribution in [3.63, 3.8) is 0 Å². The number of hydrogen-bond acceptors (Lipinski definition) is 8. The minimum Gasteiger partial charge on any atom is -0.441 e. The third-order valence-corrected chi connectivity index (χ3v) is 5.19. The van der Waals surface area contributed by atoms with Crippen LogP contribution >= 0.6 is 0 Å². The summed E-state index contributed by atoms with van der Waals surface area (Å²) in [6, 6.07) is 5.38. The van der Waals surface area contributed by atoms with Crippen LogP contribution in [0, 0.1) is 0 Å². The summed E-state index contributed by atoms with van der Waals surface area (Å²) < 4.78 is 5.07. The molecule has 1 atom stereocenters. The number of carbonyl (C=O) groups is 2. The lowest BCUT2D eigenvalue weighted by Crippen LogP contribution is -2.36. The topological polar surface area (TPSA) is 129 Å². The molecule has 29 heavy (non-hydrogen) atoms. The van der Waals surface area contributed by atoms with Crippen molar-refractivity contribution < 1.29 is 19.2 Å². The number of Topliss-reactive ketones (excluding diaryl/α,β-unsaturated/α-hetero) is 1. The second-order valence-electron chi connectivity index (χ2n) is 7.57. The number of oxime groups is 1. The summed E-state index contributed by atoms with van der Waals surface area (Å²) in [6.07, 6.45) is 0.536. The quantitative estimate of drug-likeness (QED) is 0.599. The molecule has 3 N–H and O–H groups in total. The number of amides is 1. The van der Waals surface area contributed by atoms with E-state index in [-0.39, 0.29) is 12.4 Å². The van der Waals surface area contributed by atoms with Gasteiger partial charge in [-0.3, -0.25) is 4.79 Å². The number of nitrogen functional groups attached to an aromatic ring is 1. The number of anilines is 1. The van der Waals surface area contributed by atoms with E-state index in [2.05, 4.69) is 20.4 Å². The molecule has 4 rings (SSSR count). The van der Waals surface area contributed by atoms with E-state index in [9.17, 15) is 9.59 Å². The molecule has 1 fully saturated rings. The first-order chi connectivity index (χ1) is 13.8. The van der Waals surface area contributed by atoms with E-state index in [1.54, 1.807) is 12.1 Å². The lowest BCUT2D eigenvalue weighted by atomic mass is 9.70. The molecule has 1 aliphatic heterocycles. The first-order valence-corrected chi connectivity index (χ1v) is 9.20. The van der Waals surface area contributed by atoms with Crippen LogP contribution in [0.2, 0.25) is 0 Å². The molecule has 1 amide bonds. The van der Waals surface area contributed by atoms with Gasteiger partial charge in [-0.15, -0.1) is 0 Å². The smallest absolute Gasteiger partial charge is 0.407 e. The number of benzene rings is 1. The number of nitrogens with zero attached hydrogens (tertiary/aromatic N) is 3. The molecule has 150 valence electrons. The van der Waals surface area contributed by atoms with Crippen LogP contribution in [0.15, 0.2) is 29.7 Å². The Morgan fingerprint density at radius 3 is 2.86 bits per heavy atom. The van der Waals surface area contributed by atoms with Gasteiger partial charge in [0.25, 0.3) is 0 Å². The number of ketones is 1. The number of nitrogens with two attached hydrogens (primary N) is 1. The number of aromatic nitrogens is 2. The van der Waals surface area contributed by atoms with Gasteiger partial charge in [-0.05, 0) is 26.8 Å². The van der Waals surface area contributed by atoms with Gasteiger partial charge < -0.3 is 20.6 Å². The van der Waals surface area contributed by atoms with E-state index in [0.717, 1.165) is 16.7 Å². The zero-order valence-electron chi connectivity index (χ0n) is 16.4. The molecule has 9 heteroatoms. The highest BCUT2D eigenvalue weighted by atomic mass is 16.7. The third-order valence-electron chi connectivity index (χ3n) is 5.19. The molecular weight excluding hydrogens is 374 g/mol. The summed E-state index contributed by atoms with van der Waals surface area (Å²) in [5.41, 5.74) is 9.68. The van der Waals surface area contributed by atoms with Gasteiger partial charge in [0, 0.05) is 27.7 Å². The number of hydrogen-bond donors (Lipinski definition) is 2. The zero-order valence-corrected chi connectivity index (χ0v) is 16.4. The molecule has 2 heterocycles. The van der Waals surface area contributed by atoms with Crippen LogP contribution < -0.4 is 11.1 Å². The molecule has 0 unspecified atom stereocenters. The van der Waals surface area contributed by atoms with Gasteiger partial charge in [0.05, 0.1) is 18.0 Å². The van der Waals surface area contributed by atoms with Crippen molar-refractivity contribution in [2.75, 3.05) is 18.9 Å². The predicted octanol–water partition coefficient (Wildman–Crippen LogP) is 2.05. The van der Waals surface area contributed by atoms with Crippen LogP contribution in [-0.4, -0.2) is 46.8 Å². The third kappa shape index (κ3) is 3.18. The zero-order chi connectivity index (χ0) is 20.8. The van der Waals surface area contributed by atoms with Crippen molar-refractivity contribution in [1.29, 1.82) is 0 Å². The molecule has 2 aromatic rings. The van der Waals surface area contributed by atoms with Crippen molar-refractivity contribution in [2.24, 2.45) is 5.16 Å². The van der Waals surface area contributed by atoms with E-state index in [1.807, 2.05) is 19.9 Å². The van der Waals surface area contributed by atoms with E-state index in [4.69, 9.17) is 15.3 Å². The van der Waals surface area contributed by atoms with Gasteiger partial charge >= 0.3 is 6.09 Å². The number of fused-ring (bicyclic) bond motifs is 3. The van der Waals surface area contributed by atoms with Crippen LogP contribution in [-0.2, 0) is 15.0 Å². The van der Waals surface area contributed by atoms with Crippen molar-refractivity contribution in [3.8, 4) is 11.3 Å². The number of alkyl carbamates (subject to hydrolysis) is 1. The Balaban J connectivity index is 1.80. The number of nitrogens with one attached hydrogen (secondary N) is 1. The van der Waals surface area contributed by atoms with Crippen LogP contribution in [0.25, 0.3) is 11.3 Å². The van der Waals surface area contributed by atoms with E-state index in [1.165, 1.54) is 13.3 Å². The summed E-state index contributed by atoms with van der Waals surface area (Å²) in [4.78, 5) is 37.3. The Labute approximate surface area is 167 Å². The molecule has 1 aromatic heterocycles. The lowest BCUT2D eigenvalue weighted by molar-refractivity contribution is 0.0487. The van der Waals surface area contributed by atoms with Crippen LogP contribution in [0.4, 0.5) is 10.6 Å². The summed E-state index contributed by atoms with van der Waals surface area (Å²) in [5, 5.41) is 6.95. The van der Waals surface area contributed by atoms with Gasteiger partial charge in [-0.1, -0.05) is 17.3 Å². The molecule has 0 spiro atoms. The monoisotopic (exact) mass is 395 g/mol. The highest BCUT2D eigenvalue weighted by Gasteiger charge is 2.41. The Bertz CT molecular complexity index is 1050.